The van der Waals surface area contributed by atoms with Crippen LogP contribution in [0.1, 0.15) is 102 Å². The van der Waals surface area contributed by atoms with Crippen molar-refractivity contribution < 1.29 is 0 Å². The zero-order valence-corrected chi connectivity index (χ0v) is 17.1. The van der Waals surface area contributed by atoms with Crippen LogP contribution in [0.5, 0.6) is 0 Å². The van der Waals surface area contributed by atoms with Gasteiger partial charge < -0.3 is 0 Å². The van der Waals surface area contributed by atoms with Crippen LogP contribution in [0.3, 0.4) is 0 Å². The zero-order valence-electron chi connectivity index (χ0n) is 17.1. The van der Waals surface area contributed by atoms with Crippen molar-refractivity contribution in [3.63, 3.8) is 0 Å². The van der Waals surface area contributed by atoms with Gasteiger partial charge in [-0.3, -0.25) is 0 Å². The molecule has 0 saturated carbocycles. The maximum Gasteiger partial charge on any atom is -0.00643 e. The van der Waals surface area contributed by atoms with Crippen LogP contribution in [0.25, 0.3) is 10.8 Å². The van der Waals surface area contributed by atoms with Crippen LogP contribution in [0.2, 0.25) is 0 Å². The first-order valence-electron chi connectivity index (χ1n) is 11.3. The van der Waals surface area contributed by atoms with Gasteiger partial charge in [0.2, 0.25) is 0 Å². The topological polar surface area (TPSA) is 0 Å². The highest BCUT2D eigenvalue weighted by Crippen LogP contribution is 2.17. The highest BCUT2D eigenvalue weighted by atomic mass is 14.0. The van der Waals surface area contributed by atoms with Crippen molar-refractivity contribution in [2.24, 2.45) is 0 Å². The van der Waals surface area contributed by atoms with Gasteiger partial charge in [0.1, 0.15) is 0 Å². The lowest BCUT2D eigenvalue weighted by molar-refractivity contribution is 0.535. The van der Waals surface area contributed by atoms with E-state index in [9.17, 15) is 0 Å². The van der Waals surface area contributed by atoms with E-state index < -0.39 is 0 Å². The number of benzene rings is 2. The Kier molecular flexibility index (Phi) is 11.2. The third kappa shape index (κ3) is 8.88. The van der Waals surface area contributed by atoms with E-state index in [2.05, 4.69) is 49.4 Å². The molecule has 2 rings (SSSR count). The summed E-state index contributed by atoms with van der Waals surface area (Å²) >= 11 is 0. The fraction of sp³-hybridized carbons (Fsp3) is 0.615. The predicted molar refractivity (Wildman–Crippen MR) is 117 cm³/mol. The summed E-state index contributed by atoms with van der Waals surface area (Å²) in [5.41, 5.74) is 1.38. The number of aryl methyl sites for hydroxylation is 1. The molecular weight excluding hydrogens is 312 g/mol. The minimum Gasteiger partial charge on any atom is -0.0654 e. The maximum atomic E-state index is 3.57. The Morgan fingerprint density at radius 1 is 0.577 bits per heavy atom. The number of hydrogen-bond donors (Lipinski definition) is 0. The van der Waals surface area contributed by atoms with Crippen molar-refractivity contribution >= 4 is 10.8 Å². The lowest BCUT2D eigenvalue weighted by Crippen LogP contribution is -1.87. The summed E-state index contributed by atoms with van der Waals surface area (Å²) < 4.78 is 0. The van der Waals surface area contributed by atoms with Gasteiger partial charge in [-0.05, 0) is 35.2 Å². The minimum atomic E-state index is 1.18. The van der Waals surface area contributed by atoms with E-state index in [-0.39, 0.29) is 0 Å². The molecule has 0 aromatic heterocycles. The molecule has 0 aliphatic carbocycles. The third-order valence-electron chi connectivity index (χ3n) is 5.52. The largest absolute Gasteiger partial charge is 0.0654 e. The first-order chi connectivity index (χ1) is 12.9. The van der Waals surface area contributed by atoms with Crippen LogP contribution in [-0.2, 0) is 6.42 Å². The molecule has 0 saturated heterocycles. The average molecular weight is 352 g/mol. The lowest BCUT2D eigenvalue weighted by Gasteiger charge is -2.05. The molecule has 0 bridgehead atoms. The second-order valence-corrected chi connectivity index (χ2v) is 7.92. The second kappa shape index (κ2) is 13.8. The Morgan fingerprint density at radius 3 is 1.73 bits per heavy atom. The summed E-state index contributed by atoms with van der Waals surface area (Å²) in [6, 6.07) is 16.6. The molecule has 0 nitrogen and oxygen atoms in total. The third-order valence-corrected chi connectivity index (χ3v) is 5.52. The van der Waals surface area contributed by atoms with Crippen LogP contribution in [-0.4, -0.2) is 0 Å². The molecule has 0 spiro atoms. The van der Waals surface area contributed by atoms with E-state index in [1.807, 2.05) is 0 Å². The van der Waals surface area contributed by atoms with Gasteiger partial charge in [-0.25, -0.2) is 0 Å². The Balaban J connectivity index is 1.40. The summed E-state index contributed by atoms with van der Waals surface area (Å²) in [5, 5.41) is 2.56. The summed E-state index contributed by atoms with van der Waals surface area (Å²) in [4.78, 5) is 0. The second-order valence-electron chi connectivity index (χ2n) is 7.92. The highest BCUT2D eigenvalue weighted by Gasteiger charge is 1.98. The minimum absolute atomic E-state index is 1.18. The fourth-order valence-electron chi connectivity index (χ4n) is 3.82. The van der Waals surface area contributed by atoms with E-state index in [0.717, 1.165) is 0 Å². The van der Waals surface area contributed by atoms with Crippen molar-refractivity contribution in [2.75, 3.05) is 0 Å². The Morgan fingerprint density at radius 2 is 1.12 bits per heavy atom. The van der Waals surface area contributed by atoms with Crippen molar-refractivity contribution in [2.45, 2.75) is 103 Å². The number of unbranched alkanes of at least 4 members (excludes halogenated alkanes) is 13. The van der Waals surface area contributed by atoms with Crippen molar-refractivity contribution in [1.29, 1.82) is 0 Å². The number of fused-ring (bicyclic) bond motifs is 1. The SMILES string of the molecule is CCCCCCCCCCCCCCCCc1[c]c2ccccc2cc1. The van der Waals surface area contributed by atoms with Gasteiger partial charge >= 0.3 is 0 Å². The first kappa shape index (κ1) is 21.0. The molecule has 0 heterocycles. The predicted octanol–water partition coefficient (Wildman–Crippen LogP) is 8.66. The zero-order chi connectivity index (χ0) is 18.3. The number of rotatable bonds is 15. The van der Waals surface area contributed by atoms with E-state index in [4.69, 9.17) is 0 Å². The van der Waals surface area contributed by atoms with Gasteiger partial charge in [0.15, 0.2) is 0 Å². The van der Waals surface area contributed by atoms with Crippen molar-refractivity contribution in [3.05, 3.63) is 48.0 Å². The molecule has 0 unspecified atom stereocenters. The highest BCUT2D eigenvalue weighted by molar-refractivity contribution is 5.82. The van der Waals surface area contributed by atoms with E-state index in [1.54, 1.807) is 0 Å². The summed E-state index contributed by atoms with van der Waals surface area (Å²) in [5.74, 6) is 0. The van der Waals surface area contributed by atoms with E-state index in [0.29, 0.717) is 0 Å². The molecule has 2 aromatic carbocycles. The molecule has 0 heteroatoms. The molecule has 0 aliphatic heterocycles. The van der Waals surface area contributed by atoms with E-state index in [1.165, 1.54) is 113 Å². The van der Waals surface area contributed by atoms with Gasteiger partial charge in [0.25, 0.3) is 0 Å². The summed E-state index contributed by atoms with van der Waals surface area (Å²) in [6.07, 6.45) is 21.2. The van der Waals surface area contributed by atoms with Gasteiger partial charge in [-0.15, -0.1) is 0 Å². The Bertz CT molecular complexity index is 583. The molecule has 1 radical (unpaired) electrons. The molecule has 0 amide bonds. The monoisotopic (exact) mass is 351 g/mol. The normalized spacial score (nSPS) is 11.3. The van der Waals surface area contributed by atoms with Crippen LogP contribution in [0, 0.1) is 6.07 Å². The van der Waals surface area contributed by atoms with Crippen LogP contribution in [0.15, 0.2) is 36.4 Å². The molecule has 26 heavy (non-hydrogen) atoms. The molecule has 143 valence electrons. The van der Waals surface area contributed by atoms with Crippen LogP contribution in [0.4, 0.5) is 0 Å². The van der Waals surface area contributed by atoms with E-state index >= 15 is 0 Å². The van der Waals surface area contributed by atoms with Crippen LogP contribution < -0.4 is 0 Å². The van der Waals surface area contributed by atoms with Gasteiger partial charge in [-0.1, -0.05) is 127 Å². The summed E-state index contributed by atoms with van der Waals surface area (Å²) in [6.45, 7) is 2.29. The van der Waals surface area contributed by atoms with Crippen molar-refractivity contribution in [1.82, 2.24) is 0 Å². The standard InChI is InChI=1S/C26H39/c1-2-3-4-5-6-7-8-9-10-11-12-13-14-15-18-24-21-22-25-19-16-17-20-26(25)23-24/h16-17,19-22H,2-15,18H2,1H3. The van der Waals surface area contributed by atoms with Gasteiger partial charge in [-0.2, -0.15) is 0 Å². The fourth-order valence-corrected chi connectivity index (χ4v) is 3.82. The first-order valence-corrected chi connectivity index (χ1v) is 11.3. The Labute approximate surface area is 162 Å². The lowest BCUT2D eigenvalue weighted by atomic mass is 10.0. The smallest absolute Gasteiger partial charge is 0.00643 e. The Hall–Kier alpha value is -1.30. The van der Waals surface area contributed by atoms with Crippen molar-refractivity contribution in [3.8, 4) is 0 Å². The number of hydrogen-bond acceptors (Lipinski definition) is 0. The molecule has 0 atom stereocenters. The average Bonchev–Trinajstić information content (AvgIpc) is 2.68. The molecular formula is C26H39. The molecule has 2 aromatic rings. The maximum absolute atomic E-state index is 3.57. The molecule has 0 fully saturated rings. The van der Waals surface area contributed by atoms with Gasteiger partial charge in [0.05, 0.1) is 0 Å². The van der Waals surface area contributed by atoms with Gasteiger partial charge in [0, 0.05) is 0 Å². The summed E-state index contributed by atoms with van der Waals surface area (Å²) in [7, 11) is 0. The quantitative estimate of drug-likeness (QED) is 0.281. The molecule has 0 N–H and O–H groups in total. The molecule has 0 aliphatic rings. The van der Waals surface area contributed by atoms with Crippen LogP contribution >= 0.6 is 0 Å².